The van der Waals surface area contributed by atoms with Crippen LogP contribution in [-0.2, 0) is 4.79 Å². The highest BCUT2D eigenvalue weighted by Crippen LogP contribution is 2.28. The molecule has 3 atom stereocenters. The van der Waals surface area contributed by atoms with Gasteiger partial charge in [-0.05, 0) is 12.3 Å². The monoisotopic (exact) mass is 158 g/mol. The van der Waals surface area contributed by atoms with Crippen LogP contribution in [0.25, 0.3) is 0 Å². The number of nitrogens with one attached hydrogen (secondary N) is 1. The fourth-order valence-corrected chi connectivity index (χ4v) is 0.972. The molecule has 4 nitrogen and oxygen atoms in total. The largest absolute Gasteiger partial charge is 0.480 e. The molecular formula is C7H14N2O2. The van der Waals surface area contributed by atoms with Crippen molar-refractivity contribution in [1.82, 2.24) is 5.32 Å². The van der Waals surface area contributed by atoms with Gasteiger partial charge in [0.05, 0.1) is 0 Å². The number of nitrogens with two attached hydrogens (primary N) is 1. The fraction of sp³-hybridized carbons (Fsp3) is 0.857. The van der Waals surface area contributed by atoms with E-state index in [1.807, 2.05) is 0 Å². The van der Waals surface area contributed by atoms with Crippen molar-refractivity contribution in [2.24, 2.45) is 11.7 Å². The topological polar surface area (TPSA) is 75.3 Å². The molecular weight excluding hydrogens is 144 g/mol. The molecule has 0 aromatic rings. The molecule has 0 saturated heterocycles. The molecule has 0 bridgehead atoms. The molecule has 1 saturated carbocycles. The van der Waals surface area contributed by atoms with Gasteiger partial charge in [-0.3, -0.25) is 4.79 Å². The van der Waals surface area contributed by atoms with E-state index in [4.69, 9.17) is 10.8 Å². The first-order chi connectivity index (χ1) is 5.11. The van der Waals surface area contributed by atoms with Crippen LogP contribution in [0.4, 0.5) is 0 Å². The van der Waals surface area contributed by atoms with E-state index in [2.05, 4.69) is 12.2 Å². The van der Waals surface area contributed by atoms with Gasteiger partial charge in [0, 0.05) is 12.6 Å². The average Bonchev–Trinajstić information content (AvgIpc) is 2.61. The summed E-state index contributed by atoms with van der Waals surface area (Å²) in [5.41, 5.74) is 5.28. The summed E-state index contributed by atoms with van der Waals surface area (Å²) in [6.07, 6.45) is 1.15. The molecule has 0 aliphatic heterocycles. The van der Waals surface area contributed by atoms with E-state index in [1.165, 1.54) is 0 Å². The first-order valence-corrected chi connectivity index (χ1v) is 3.83. The Morgan fingerprint density at radius 2 is 2.45 bits per heavy atom. The summed E-state index contributed by atoms with van der Waals surface area (Å²) in [6, 6.07) is -0.261. The van der Waals surface area contributed by atoms with Crippen LogP contribution in [0.1, 0.15) is 13.3 Å². The van der Waals surface area contributed by atoms with Crippen molar-refractivity contribution in [3.8, 4) is 0 Å². The van der Waals surface area contributed by atoms with E-state index in [9.17, 15) is 4.79 Å². The Kier molecular flexibility index (Phi) is 2.46. The smallest absolute Gasteiger partial charge is 0.321 e. The van der Waals surface area contributed by atoms with Crippen molar-refractivity contribution in [3.05, 3.63) is 0 Å². The van der Waals surface area contributed by atoms with Crippen LogP contribution in [0, 0.1) is 5.92 Å². The normalized spacial score (nSPS) is 31.5. The van der Waals surface area contributed by atoms with Gasteiger partial charge in [-0.15, -0.1) is 0 Å². The van der Waals surface area contributed by atoms with Gasteiger partial charge in [-0.2, -0.15) is 0 Å². The average molecular weight is 158 g/mol. The van der Waals surface area contributed by atoms with Gasteiger partial charge in [-0.1, -0.05) is 6.92 Å². The summed E-state index contributed by atoms with van der Waals surface area (Å²) in [6.45, 7) is 2.51. The lowest BCUT2D eigenvalue weighted by Crippen LogP contribution is -2.41. The summed E-state index contributed by atoms with van der Waals surface area (Å²) in [7, 11) is 0. The molecule has 1 aliphatic carbocycles. The lowest BCUT2D eigenvalue weighted by atomic mass is 10.3. The molecule has 0 aromatic heterocycles. The number of carboxylic acid groups (broad SMARTS) is 1. The predicted octanol–water partition coefficient (Wildman–Crippen LogP) is -0.604. The molecule has 3 unspecified atom stereocenters. The van der Waals surface area contributed by atoms with Crippen LogP contribution >= 0.6 is 0 Å². The summed E-state index contributed by atoms with van der Waals surface area (Å²) in [5.74, 6) is -0.248. The van der Waals surface area contributed by atoms with Gasteiger partial charge in [0.15, 0.2) is 0 Å². The van der Waals surface area contributed by atoms with E-state index in [1.54, 1.807) is 0 Å². The van der Waals surface area contributed by atoms with Crippen LogP contribution in [0.5, 0.6) is 0 Å². The van der Waals surface area contributed by atoms with Crippen molar-refractivity contribution in [2.45, 2.75) is 25.4 Å². The lowest BCUT2D eigenvalue weighted by molar-refractivity contribution is -0.138. The zero-order valence-corrected chi connectivity index (χ0v) is 6.58. The molecule has 0 amide bonds. The second-order valence-corrected chi connectivity index (χ2v) is 3.17. The fourth-order valence-electron chi connectivity index (χ4n) is 0.972. The Hall–Kier alpha value is -0.610. The van der Waals surface area contributed by atoms with Crippen LogP contribution in [0.2, 0.25) is 0 Å². The molecule has 1 fully saturated rings. The van der Waals surface area contributed by atoms with E-state index in [0.717, 1.165) is 6.42 Å². The Morgan fingerprint density at radius 3 is 2.82 bits per heavy atom. The maximum Gasteiger partial charge on any atom is 0.321 e. The van der Waals surface area contributed by atoms with Gasteiger partial charge in [0.25, 0.3) is 0 Å². The maximum absolute atomic E-state index is 10.2. The van der Waals surface area contributed by atoms with Crippen LogP contribution in [0.3, 0.4) is 0 Å². The van der Waals surface area contributed by atoms with Crippen LogP contribution in [-0.4, -0.2) is 29.7 Å². The molecule has 4 heteroatoms. The zero-order chi connectivity index (χ0) is 8.43. The number of carboxylic acids is 1. The van der Waals surface area contributed by atoms with Crippen molar-refractivity contribution in [1.29, 1.82) is 0 Å². The van der Waals surface area contributed by atoms with Crippen molar-refractivity contribution >= 4 is 5.97 Å². The number of hydrogen-bond donors (Lipinski definition) is 3. The summed E-state index contributed by atoms with van der Waals surface area (Å²) in [5, 5.41) is 11.5. The summed E-state index contributed by atoms with van der Waals surface area (Å²) in [4.78, 5) is 10.2. The van der Waals surface area contributed by atoms with Gasteiger partial charge in [-0.25, -0.2) is 0 Å². The minimum Gasteiger partial charge on any atom is -0.480 e. The minimum atomic E-state index is -0.939. The Bertz CT molecular complexity index is 161. The van der Waals surface area contributed by atoms with Crippen molar-refractivity contribution in [3.63, 3.8) is 0 Å². The van der Waals surface area contributed by atoms with Crippen molar-refractivity contribution < 1.29 is 9.90 Å². The number of carbonyl (C=O) groups is 1. The SMILES string of the molecule is CC1CC1NCC(N)C(=O)O. The van der Waals surface area contributed by atoms with E-state index < -0.39 is 12.0 Å². The second kappa shape index (κ2) is 3.19. The highest BCUT2D eigenvalue weighted by atomic mass is 16.4. The lowest BCUT2D eigenvalue weighted by Gasteiger charge is -2.06. The molecule has 0 spiro atoms. The Morgan fingerprint density at radius 1 is 1.91 bits per heavy atom. The molecule has 64 valence electrons. The zero-order valence-electron chi connectivity index (χ0n) is 6.58. The third kappa shape index (κ3) is 2.48. The molecule has 1 aliphatic rings. The highest BCUT2D eigenvalue weighted by molar-refractivity contribution is 5.73. The van der Waals surface area contributed by atoms with Gasteiger partial charge in [0.2, 0.25) is 0 Å². The van der Waals surface area contributed by atoms with Crippen molar-refractivity contribution in [2.75, 3.05) is 6.54 Å². The molecule has 11 heavy (non-hydrogen) atoms. The number of aliphatic carboxylic acids is 1. The third-order valence-electron chi connectivity index (χ3n) is 2.03. The first-order valence-electron chi connectivity index (χ1n) is 3.83. The molecule has 0 aromatic carbocycles. The number of rotatable bonds is 4. The van der Waals surface area contributed by atoms with Gasteiger partial charge >= 0.3 is 5.97 Å². The highest BCUT2D eigenvalue weighted by Gasteiger charge is 2.32. The van der Waals surface area contributed by atoms with Crippen LogP contribution in [0.15, 0.2) is 0 Å². The second-order valence-electron chi connectivity index (χ2n) is 3.17. The van der Waals surface area contributed by atoms with E-state index in [-0.39, 0.29) is 0 Å². The van der Waals surface area contributed by atoms with E-state index >= 15 is 0 Å². The summed E-state index contributed by atoms with van der Waals surface area (Å²) >= 11 is 0. The molecule has 1 rings (SSSR count). The number of hydrogen-bond acceptors (Lipinski definition) is 3. The third-order valence-corrected chi connectivity index (χ3v) is 2.03. The quantitative estimate of drug-likeness (QED) is 0.510. The Balaban J connectivity index is 2.07. The van der Waals surface area contributed by atoms with Gasteiger partial charge < -0.3 is 16.2 Å². The minimum absolute atomic E-state index is 0.379. The predicted molar refractivity (Wildman–Crippen MR) is 41.2 cm³/mol. The standard InChI is InChI=1S/C7H14N2O2/c1-4-2-6(4)9-3-5(8)7(10)11/h4-6,9H,2-3,8H2,1H3,(H,10,11). The van der Waals surface area contributed by atoms with Gasteiger partial charge in [0.1, 0.15) is 6.04 Å². The first kappa shape index (κ1) is 8.49. The maximum atomic E-state index is 10.2. The van der Waals surface area contributed by atoms with Crippen LogP contribution < -0.4 is 11.1 Å². The Labute approximate surface area is 65.8 Å². The summed E-state index contributed by atoms with van der Waals surface area (Å²) < 4.78 is 0. The molecule has 4 N–H and O–H groups in total. The van der Waals surface area contributed by atoms with E-state index in [0.29, 0.717) is 18.5 Å². The molecule has 0 radical (unpaired) electrons. The molecule has 0 heterocycles.